The first-order valence-corrected chi connectivity index (χ1v) is 7.30. The highest BCUT2D eigenvalue weighted by Crippen LogP contribution is 2.26. The van der Waals surface area contributed by atoms with Crippen molar-refractivity contribution in [3.63, 3.8) is 0 Å². The van der Waals surface area contributed by atoms with Crippen LogP contribution in [0.3, 0.4) is 0 Å². The molecule has 1 N–H and O–H groups in total. The molecule has 1 heterocycles. The molecule has 2 rings (SSSR count). The van der Waals surface area contributed by atoms with Gasteiger partial charge in [0.1, 0.15) is 22.2 Å². The van der Waals surface area contributed by atoms with Gasteiger partial charge in [0.05, 0.1) is 7.11 Å². The highest BCUT2D eigenvalue weighted by Gasteiger charge is 2.21. The van der Waals surface area contributed by atoms with Crippen molar-refractivity contribution >= 4 is 15.7 Å². The Kier molecular flexibility index (Phi) is 4.08. The molecule has 0 saturated heterocycles. The van der Waals surface area contributed by atoms with Crippen LogP contribution in [0.25, 0.3) is 0 Å². The normalized spacial score (nSPS) is 11.2. The zero-order chi connectivity index (χ0) is 15.6. The number of hydrogen-bond acceptors (Lipinski definition) is 4. The molecule has 21 heavy (non-hydrogen) atoms. The lowest BCUT2D eigenvalue weighted by atomic mass is 10.3. The molecule has 0 aliphatic rings. The van der Waals surface area contributed by atoms with Gasteiger partial charge in [0.2, 0.25) is 5.88 Å². The van der Waals surface area contributed by atoms with E-state index in [0.29, 0.717) is 11.6 Å². The van der Waals surface area contributed by atoms with Crippen molar-refractivity contribution in [1.29, 1.82) is 0 Å². The van der Waals surface area contributed by atoms with Gasteiger partial charge >= 0.3 is 0 Å². The average Bonchev–Trinajstić information content (AvgIpc) is 2.37. The molecule has 1 aromatic carbocycles. The van der Waals surface area contributed by atoms with Crippen LogP contribution in [0.5, 0.6) is 5.88 Å². The van der Waals surface area contributed by atoms with Gasteiger partial charge in [-0.05, 0) is 30.7 Å². The summed E-state index contributed by atoms with van der Waals surface area (Å²) in [5.74, 6) is -1.99. The first-order chi connectivity index (χ1) is 9.83. The van der Waals surface area contributed by atoms with Crippen molar-refractivity contribution in [2.45, 2.75) is 11.8 Å². The second kappa shape index (κ2) is 5.65. The Morgan fingerprint density at radius 1 is 1.24 bits per heavy atom. The highest BCUT2D eigenvalue weighted by molar-refractivity contribution is 7.92. The predicted molar refractivity (Wildman–Crippen MR) is 72.7 cm³/mol. The van der Waals surface area contributed by atoms with Gasteiger partial charge in [-0.15, -0.1) is 0 Å². The number of nitrogens with one attached hydrogen (secondary N) is 1. The van der Waals surface area contributed by atoms with Gasteiger partial charge in [0, 0.05) is 12.3 Å². The molecular formula is C13H12F2N2O3S. The summed E-state index contributed by atoms with van der Waals surface area (Å²) in [6, 6.07) is 3.71. The quantitative estimate of drug-likeness (QED) is 0.941. The summed E-state index contributed by atoms with van der Waals surface area (Å²) >= 11 is 0. The molecule has 112 valence electrons. The van der Waals surface area contributed by atoms with Crippen LogP contribution in [0, 0.1) is 18.6 Å². The number of sulfonamides is 1. The highest BCUT2D eigenvalue weighted by atomic mass is 32.2. The lowest BCUT2D eigenvalue weighted by Crippen LogP contribution is -2.15. The number of aromatic nitrogens is 1. The van der Waals surface area contributed by atoms with E-state index in [0.717, 1.165) is 12.1 Å². The zero-order valence-corrected chi connectivity index (χ0v) is 12.0. The first-order valence-electron chi connectivity index (χ1n) is 5.82. The van der Waals surface area contributed by atoms with Crippen LogP contribution in [0.1, 0.15) is 5.56 Å². The van der Waals surface area contributed by atoms with Gasteiger partial charge in [-0.3, -0.25) is 4.72 Å². The Bertz CT molecular complexity index is 779. The number of nitrogens with zero attached hydrogens (tertiary/aromatic N) is 1. The molecule has 2 aromatic rings. The fourth-order valence-electron chi connectivity index (χ4n) is 1.69. The number of pyridine rings is 1. The van der Waals surface area contributed by atoms with Crippen LogP contribution in [-0.4, -0.2) is 20.5 Å². The van der Waals surface area contributed by atoms with E-state index in [9.17, 15) is 17.2 Å². The van der Waals surface area contributed by atoms with E-state index in [1.54, 1.807) is 6.92 Å². The Morgan fingerprint density at radius 3 is 2.57 bits per heavy atom. The minimum absolute atomic E-state index is 0.0479. The number of hydrogen-bond donors (Lipinski definition) is 1. The number of ether oxygens (including phenoxy) is 1. The summed E-state index contributed by atoms with van der Waals surface area (Å²) in [7, 11) is -2.89. The van der Waals surface area contributed by atoms with Crippen molar-refractivity contribution in [3.8, 4) is 5.88 Å². The van der Waals surface area contributed by atoms with Gasteiger partial charge < -0.3 is 4.74 Å². The third-order valence-electron chi connectivity index (χ3n) is 2.61. The number of aryl methyl sites for hydroxylation is 1. The molecule has 0 spiro atoms. The van der Waals surface area contributed by atoms with E-state index >= 15 is 0 Å². The van der Waals surface area contributed by atoms with E-state index in [1.807, 2.05) is 0 Å². The Labute approximate surface area is 120 Å². The van der Waals surface area contributed by atoms with Crippen molar-refractivity contribution in [1.82, 2.24) is 4.98 Å². The van der Waals surface area contributed by atoms with Crippen molar-refractivity contribution in [2.24, 2.45) is 0 Å². The van der Waals surface area contributed by atoms with E-state index in [4.69, 9.17) is 4.74 Å². The monoisotopic (exact) mass is 314 g/mol. The number of anilines is 1. The van der Waals surface area contributed by atoms with Crippen LogP contribution in [-0.2, 0) is 10.0 Å². The minimum Gasteiger partial charge on any atom is -0.480 e. The molecule has 0 radical (unpaired) electrons. The molecule has 0 aliphatic heterocycles. The molecular weight excluding hydrogens is 302 g/mol. The van der Waals surface area contributed by atoms with E-state index in [2.05, 4.69) is 9.71 Å². The molecule has 0 saturated carbocycles. The van der Waals surface area contributed by atoms with Gasteiger partial charge in [-0.2, -0.15) is 0 Å². The summed E-state index contributed by atoms with van der Waals surface area (Å²) in [5.41, 5.74) is 0.759. The fraction of sp³-hybridized carbons (Fsp3) is 0.154. The third kappa shape index (κ3) is 3.27. The fourth-order valence-corrected chi connectivity index (χ4v) is 2.79. The standard InChI is InChI=1S/C13H12F2N2O3S/c1-8-5-11(13(20-2)16-7-8)17-21(18,19)12-4-3-9(14)6-10(12)15/h3-7,17H,1-2H3. The molecule has 8 heteroatoms. The van der Waals surface area contributed by atoms with Crippen molar-refractivity contribution in [2.75, 3.05) is 11.8 Å². The minimum atomic E-state index is -4.22. The molecule has 0 atom stereocenters. The lowest BCUT2D eigenvalue weighted by molar-refractivity contribution is 0.400. The topological polar surface area (TPSA) is 68.3 Å². The van der Waals surface area contributed by atoms with Crippen LogP contribution in [0.4, 0.5) is 14.5 Å². The average molecular weight is 314 g/mol. The number of methoxy groups -OCH3 is 1. The van der Waals surface area contributed by atoms with E-state index < -0.39 is 26.6 Å². The van der Waals surface area contributed by atoms with Gasteiger partial charge in [-0.25, -0.2) is 22.2 Å². The summed E-state index contributed by atoms with van der Waals surface area (Å²) in [6.45, 7) is 1.71. The summed E-state index contributed by atoms with van der Waals surface area (Å²) in [6.07, 6.45) is 1.50. The van der Waals surface area contributed by atoms with Gasteiger partial charge in [0.15, 0.2) is 0 Å². The summed E-state index contributed by atoms with van der Waals surface area (Å²) in [4.78, 5) is 3.25. The molecule has 0 bridgehead atoms. The second-order valence-corrected chi connectivity index (χ2v) is 5.90. The molecule has 5 nitrogen and oxygen atoms in total. The number of rotatable bonds is 4. The van der Waals surface area contributed by atoms with E-state index in [1.165, 1.54) is 19.4 Å². The van der Waals surface area contributed by atoms with Crippen LogP contribution < -0.4 is 9.46 Å². The van der Waals surface area contributed by atoms with E-state index in [-0.39, 0.29) is 11.6 Å². The maximum Gasteiger partial charge on any atom is 0.264 e. The maximum absolute atomic E-state index is 13.6. The largest absolute Gasteiger partial charge is 0.480 e. The van der Waals surface area contributed by atoms with Crippen molar-refractivity contribution in [3.05, 3.63) is 47.7 Å². The number of benzene rings is 1. The van der Waals surface area contributed by atoms with Crippen LogP contribution >= 0.6 is 0 Å². The molecule has 0 amide bonds. The SMILES string of the molecule is COc1ncc(C)cc1NS(=O)(=O)c1ccc(F)cc1F. The predicted octanol–water partition coefficient (Wildman–Crippen LogP) is 2.48. The van der Waals surface area contributed by atoms with Crippen LogP contribution in [0.2, 0.25) is 0 Å². The second-order valence-electron chi connectivity index (χ2n) is 4.25. The Hall–Kier alpha value is -2.22. The molecule has 0 aliphatic carbocycles. The smallest absolute Gasteiger partial charge is 0.264 e. The molecule has 1 aromatic heterocycles. The summed E-state index contributed by atoms with van der Waals surface area (Å²) in [5, 5.41) is 0. The first kappa shape index (κ1) is 15.2. The zero-order valence-electron chi connectivity index (χ0n) is 11.2. The van der Waals surface area contributed by atoms with Crippen LogP contribution in [0.15, 0.2) is 35.4 Å². The summed E-state index contributed by atoms with van der Waals surface area (Å²) < 4.78 is 57.9. The van der Waals surface area contributed by atoms with Gasteiger partial charge in [-0.1, -0.05) is 0 Å². The Balaban J connectivity index is 2.44. The molecule has 0 fully saturated rings. The maximum atomic E-state index is 13.6. The Morgan fingerprint density at radius 2 is 1.95 bits per heavy atom. The molecule has 0 unspecified atom stereocenters. The third-order valence-corrected chi connectivity index (χ3v) is 4.01. The lowest BCUT2D eigenvalue weighted by Gasteiger charge is -2.12. The van der Waals surface area contributed by atoms with Crippen molar-refractivity contribution < 1.29 is 21.9 Å². The van der Waals surface area contributed by atoms with Gasteiger partial charge in [0.25, 0.3) is 10.0 Å². The number of halogens is 2.